The third kappa shape index (κ3) is 2.20. The van der Waals surface area contributed by atoms with Crippen molar-refractivity contribution >= 4 is 5.78 Å². The van der Waals surface area contributed by atoms with E-state index in [9.17, 15) is 4.79 Å². The van der Waals surface area contributed by atoms with Crippen molar-refractivity contribution in [1.29, 1.82) is 0 Å². The van der Waals surface area contributed by atoms with E-state index in [-0.39, 0.29) is 5.41 Å². The Kier molecular flexibility index (Phi) is 3.29. The average Bonchev–Trinajstić information content (AvgIpc) is 2.51. The molecule has 74 valence electrons. The lowest BCUT2D eigenvalue weighted by Gasteiger charge is -2.25. The van der Waals surface area contributed by atoms with E-state index in [1.54, 1.807) is 0 Å². The number of ketones is 1. The Labute approximate surface area is 81.2 Å². The number of hydrogen-bond donors (Lipinski definition) is 0. The number of carbonyl (C=O) groups is 1. The van der Waals surface area contributed by atoms with Gasteiger partial charge >= 0.3 is 0 Å². The molecular weight excluding hydrogens is 160 g/mol. The first kappa shape index (κ1) is 10.5. The summed E-state index contributed by atoms with van der Waals surface area (Å²) in [5.74, 6) is 0.431. The van der Waals surface area contributed by atoms with Crippen molar-refractivity contribution in [2.45, 2.75) is 52.4 Å². The Morgan fingerprint density at radius 2 is 1.92 bits per heavy atom. The molecule has 1 aliphatic rings. The lowest BCUT2D eigenvalue weighted by atomic mass is 9.77. The maximum absolute atomic E-state index is 11.9. The van der Waals surface area contributed by atoms with Gasteiger partial charge in [-0.05, 0) is 26.2 Å². The van der Waals surface area contributed by atoms with Crippen LogP contribution in [0.25, 0.3) is 0 Å². The Bertz CT molecular complexity index is 209. The van der Waals surface area contributed by atoms with Crippen LogP contribution in [0, 0.1) is 5.41 Å². The number of allylic oxidation sites excluding steroid dienone is 1. The van der Waals surface area contributed by atoms with Crippen LogP contribution in [-0.2, 0) is 4.79 Å². The number of hydrogen-bond acceptors (Lipinski definition) is 1. The molecule has 0 spiro atoms. The molecule has 0 aromatic rings. The summed E-state index contributed by atoms with van der Waals surface area (Å²) in [5, 5.41) is 0. The van der Waals surface area contributed by atoms with Crippen LogP contribution in [-0.4, -0.2) is 5.78 Å². The third-order valence-electron chi connectivity index (χ3n) is 3.29. The molecule has 0 atom stereocenters. The minimum absolute atomic E-state index is 0.0267. The van der Waals surface area contributed by atoms with Crippen molar-refractivity contribution in [2.24, 2.45) is 5.41 Å². The highest BCUT2D eigenvalue weighted by molar-refractivity contribution is 5.86. The molecule has 1 rings (SSSR count). The Hall–Kier alpha value is -0.590. The molecule has 0 unspecified atom stereocenters. The number of rotatable bonds is 4. The Morgan fingerprint density at radius 1 is 1.38 bits per heavy atom. The van der Waals surface area contributed by atoms with Crippen molar-refractivity contribution in [2.75, 3.05) is 0 Å². The van der Waals surface area contributed by atoms with Gasteiger partial charge in [0.25, 0.3) is 0 Å². The Balaban J connectivity index is 2.65. The highest BCUT2D eigenvalue weighted by Crippen LogP contribution is 2.42. The molecule has 0 N–H and O–H groups in total. The van der Waals surface area contributed by atoms with Crippen molar-refractivity contribution in [3.8, 4) is 0 Å². The van der Waals surface area contributed by atoms with Gasteiger partial charge < -0.3 is 0 Å². The highest BCUT2D eigenvalue weighted by atomic mass is 16.1. The lowest BCUT2D eigenvalue weighted by molar-refractivity contribution is -0.128. The molecular formula is C12H20O. The van der Waals surface area contributed by atoms with Crippen molar-refractivity contribution in [3.05, 3.63) is 12.2 Å². The quantitative estimate of drug-likeness (QED) is 0.605. The fourth-order valence-electron chi connectivity index (χ4n) is 2.34. The monoisotopic (exact) mass is 180 g/mol. The van der Waals surface area contributed by atoms with Gasteiger partial charge in [0.2, 0.25) is 0 Å². The largest absolute Gasteiger partial charge is 0.299 e. The van der Waals surface area contributed by atoms with Gasteiger partial charge in [-0.15, -0.1) is 0 Å². The van der Waals surface area contributed by atoms with Crippen molar-refractivity contribution < 1.29 is 4.79 Å². The van der Waals surface area contributed by atoms with Gasteiger partial charge in [0.1, 0.15) is 5.78 Å². The third-order valence-corrected chi connectivity index (χ3v) is 3.29. The number of carbonyl (C=O) groups excluding carboxylic acids is 1. The minimum Gasteiger partial charge on any atom is -0.299 e. The van der Waals surface area contributed by atoms with Gasteiger partial charge in [-0.25, -0.2) is 0 Å². The molecule has 1 fully saturated rings. The Morgan fingerprint density at radius 3 is 2.31 bits per heavy atom. The maximum Gasteiger partial charge on any atom is 0.143 e. The molecule has 1 aliphatic carbocycles. The summed E-state index contributed by atoms with van der Waals surface area (Å²) in [5.41, 5.74) is 1.03. The predicted molar refractivity (Wildman–Crippen MR) is 55.6 cm³/mol. The smallest absolute Gasteiger partial charge is 0.143 e. The first-order chi connectivity index (χ1) is 6.10. The van der Waals surface area contributed by atoms with Gasteiger partial charge in [0.15, 0.2) is 0 Å². The first-order valence-electron chi connectivity index (χ1n) is 5.28. The zero-order valence-electron chi connectivity index (χ0n) is 8.86. The topological polar surface area (TPSA) is 17.1 Å². The van der Waals surface area contributed by atoms with Gasteiger partial charge in [-0.1, -0.05) is 31.9 Å². The molecule has 1 heteroatoms. The van der Waals surface area contributed by atoms with Gasteiger partial charge in [-0.2, -0.15) is 0 Å². The second-order valence-electron chi connectivity index (χ2n) is 4.40. The SMILES string of the molecule is C=C(C)CC(=O)C1(CC)CCCC1. The summed E-state index contributed by atoms with van der Waals surface area (Å²) < 4.78 is 0. The van der Waals surface area contributed by atoms with Crippen LogP contribution in [0.15, 0.2) is 12.2 Å². The maximum atomic E-state index is 11.9. The van der Waals surface area contributed by atoms with Crippen LogP contribution in [0.3, 0.4) is 0 Å². The molecule has 0 aromatic heterocycles. The van der Waals surface area contributed by atoms with E-state index in [4.69, 9.17) is 0 Å². The standard InChI is InChI=1S/C12H20O/c1-4-12(7-5-6-8-12)11(13)9-10(2)3/h2,4-9H2,1,3H3. The van der Waals surface area contributed by atoms with Crippen LogP contribution in [0.4, 0.5) is 0 Å². The first-order valence-corrected chi connectivity index (χ1v) is 5.28. The summed E-state index contributed by atoms with van der Waals surface area (Å²) >= 11 is 0. The zero-order chi connectivity index (χ0) is 9.90. The van der Waals surface area contributed by atoms with Crippen LogP contribution in [0.5, 0.6) is 0 Å². The molecule has 0 amide bonds. The van der Waals surface area contributed by atoms with Crippen molar-refractivity contribution in [1.82, 2.24) is 0 Å². The lowest BCUT2D eigenvalue weighted by Crippen LogP contribution is -2.27. The van der Waals surface area contributed by atoms with E-state index < -0.39 is 0 Å². The zero-order valence-corrected chi connectivity index (χ0v) is 8.86. The fraction of sp³-hybridized carbons (Fsp3) is 0.750. The summed E-state index contributed by atoms with van der Waals surface area (Å²) in [4.78, 5) is 11.9. The molecule has 0 bridgehead atoms. The van der Waals surface area contributed by atoms with Gasteiger partial charge in [-0.3, -0.25) is 4.79 Å². The molecule has 1 saturated carbocycles. The fourth-order valence-corrected chi connectivity index (χ4v) is 2.34. The highest BCUT2D eigenvalue weighted by Gasteiger charge is 2.38. The van der Waals surface area contributed by atoms with Gasteiger partial charge in [0, 0.05) is 11.8 Å². The minimum atomic E-state index is 0.0267. The summed E-state index contributed by atoms with van der Waals surface area (Å²) in [6, 6.07) is 0. The molecule has 0 radical (unpaired) electrons. The normalized spacial score (nSPS) is 20.2. The molecule has 13 heavy (non-hydrogen) atoms. The number of Topliss-reactive ketones (excluding diaryl/α,β-unsaturated/α-hetero) is 1. The molecule has 1 nitrogen and oxygen atoms in total. The van der Waals surface area contributed by atoms with Crippen LogP contribution < -0.4 is 0 Å². The molecule has 0 aromatic carbocycles. The van der Waals surface area contributed by atoms with E-state index in [1.165, 1.54) is 12.8 Å². The van der Waals surface area contributed by atoms with Crippen molar-refractivity contribution in [3.63, 3.8) is 0 Å². The molecule has 0 saturated heterocycles. The molecule has 0 aliphatic heterocycles. The van der Waals surface area contributed by atoms with E-state index in [2.05, 4.69) is 13.5 Å². The van der Waals surface area contributed by atoms with E-state index in [0.717, 1.165) is 24.8 Å². The molecule has 0 heterocycles. The predicted octanol–water partition coefficient (Wildman–Crippen LogP) is 3.49. The summed E-state index contributed by atoms with van der Waals surface area (Å²) in [7, 11) is 0. The summed E-state index contributed by atoms with van der Waals surface area (Å²) in [6.07, 6.45) is 6.28. The summed E-state index contributed by atoms with van der Waals surface area (Å²) in [6.45, 7) is 7.89. The van der Waals surface area contributed by atoms with Gasteiger partial charge in [0.05, 0.1) is 0 Å². The van der Waals surface area contributed by atoms with E-state index in [0.29, 0.717) is 12.2 Å². The van der Waals surface area contributed by atoms with Crippen LogP contribution in [0.1, 0.15) is 52.4 Å². The van der Waals surface area contributed by atoms with Crippen LogP contribution in [0.2, 0.25) is 0 Å². The van der Waals surface area contributed by atoms with E-state index >= 15 is 0 Å². The second-order valence-corrected chi connectivity index (χ2v) is 4.40. The average molecular weight is 180 g/mol. The second kappa shape index (κ2) is 4.08. The van der Waals surface area contributed by atoms with E-state index in [1.807, 2.05) is 6.92 Å². The van der Waals surface area contributed by atoms with Crippen LogP contribution >= 0.6 is 0 Å².